The monoisotopic (exact) mass is 488 g/mol. The highest BCUT2D eigenvalue weighted by molar-refractivity contribution is 5.76. The minimum absolute atomic E-state index is 0.702. The average Bonchev–Trinajstić information content (AvgIpc) is 3.05. The van der Waals surface area contributed by atoms with E-state index in [1.165, 1.54) is 0 Å². The van der Waals surface area contributed by atoms with Gasteiger partial charge in [0.2, 0.25) is 6.29 Å². The standard InChI is InChI=1S/C17H28O16/c18-1-3-5(20)8(23)14(27)32-16(3)33-15(28)12-11(7(22)9(24)13(26)30-12)31-17-10(25)6(21)4(2-19)29-17/h3-14,16-27H,1-2H2/t3?,4?,5?,6?,7?,8?,9?,10?,11?,12?,13?,14?,16-,17?/m1/s1. The molecule has 33 heavy (non-hydrogen) atoms. The van der Waals surface area contributed by atoms with Gasteiger partial charge in [-0.15, -0.1) is 0 Å². The molecule has 13 unspecified atom stereocenters. The summed E-state index contributed by atoms with van der Waals surface area (Å²) in [5.74, 6) is -2.83. The molecule has 3 aliphatic heterocycles. The van der Waals surface area contributed by atoms with Gasteiger partial charge in [-0.1, -0.05) is 0 Å². The van der Waals surface area contributed by atoms with E-state index in [1.54, 1.807) is 0 Å². The Morgan fingerprint density at radius 1 is 0.667 bits per heavy atom. The van der Waals surface area contributed by atoms with E-state index in [0.29, 0.717) is 0 Å². The van der Waals surface area contributed by atoms with Crippen molar-refractivity contribution in [3.05, 3.63) is 0 Å². The molecule has 16 nitrogen and oxygen atoms in total. The summed E-state index contributed by atoms with van der Waals surface area (Å²) in [6.07, 6.45) is -23.6. The number of ether oxygens (including phenoxy) is 5. The summed E-state index contributed by atoms with van der Waals surface area (Å²) >= 11 is 0. The quantitative estimate of drug-likeness (QED) is 0.156. The van der Waals surface area contributed by atoms with E-state index >= 15 is 0 Å². The van der Waals surface area contributed by atoms with E-state index in [1.807, 2.05) is 0 Å². The maximum atomic E-state index is 12.8. The number of hydrogen-bond acceptors (Lipinski definition) is 16. The fraction of sp³-hybridized carbons (Fsp3) is 0.941. The molecule has 0 aromatic heterocycles. The van der Waals surface area contributed by atoms with Crippen molar-refractivity contribution >= 4 is 5.97 Å². The number of carbonyl (C=O) groups is 1. The molecule has 192 valence electrons. The van der Waals surface area contributed by atoms with Gasteiger partial charge in [-0.05, 0) is 0 Å². The topological polar surface area (TPSA) is 266 Å². The van der Waals surface area contributed by atoms with Gasteiger partial charge in [-0.3, -0.25) is 0 Å². The molecule has 0 aromatic carbocycles. The van der Waals surface area contributed by atoms with Crippen LogP contribution in [0.5, 0.6) is 0 Å². The predicted octanol–water partition coefficient (Wildman–Crippen LogP) is -7.20. The first-order chi connectivity index (χ1) is 15.5. The van der Waals surface area contributed by atoms with Crippen molar-refractivity contribution in [2.45, 2.75) is 80.1 Å². The Morgan fingerprint density at radius 2 is 1.27 bits per heavy atom. The third-order valence-corrected chi connectivity index (χ3v) is 5.73. The molecule has 14 atom stereocenters. The molecule has 0 radical (unpaired) electrons. The predicted molar refractivity (Wildman–Crippen MR) is 95.1 cm³/mol. The fourth-order valence-corrected chi connectivity index (χ4v) is 3.72. The molecule has 16 heteroatoms. The van der Waals surface area contributed by atoms with Gasteiger partial charge >= 0.3 is 5.97 Å². The number of hydrogen-bond donors (Lipinski definition) is 10. The summed E-state index contributed by atoms with van der Waals surface area (Å²) in [4.78, 5) is 12.8. The maximum Gasteiger partial charge on any atom is 0.340 e. The molecule has 3 saturated heterocycles. The molecular weight excluding hydrogens is 460 g/mol. The Bertz CT molecular complexity index is 665. The van der Waals surface area contributed by atoms with Gasteiger partial charge in [0, 0.05) is 0 Å². The third-order valence-electron chi connectivity index (χ3n) is 5.73. The molecule has 3 fully saturated rings. The second-order valence-electron chi connectivity index (χ2n) is 7.90. The summed E-state index contributed by atoms with van der Waals surface area (Å²) < 4.78 is 25.3. The highest BCUT2D eigenvalue weighted by atomic mass is 16.8. The van der Waals surface area contributed by atoms with E-state index in [4.69, 9.17) is 23.7 Å². The van der Waals surface area contributed by atoms with Crippen LogP contribution in [0.4, 0.5) is 0 Å². The Hall–Kier alpha value is -1.09. The number of rotatable bonds is 6. The zero-order valence-electron chi connectivity index (χ0n) is 16.9. The number of aliphatic hydroxyl groups excluding tert-OH is 10. The van der Waals surface area contributed by atoms with Gasteiger partial charge in [0.1, 0.15) is 42.7 Å². The van der Waals surface area contributed by atoms with E-state index in [2.05, 4.69) is 0 Å². The van der Waals surface area contributed by atoms with Crippen molar-refractivity contribution < 1.29 is 79.5 Å². The van der Waals surface area contributed by atoms with Crippen molar-refractivity contribution in [3.8, 4) is 0 Å². The van der Waals surface area contributed by atoms with Gasteiger partial charge in [-0.25, -0.2) is 4.79 Å². The molecule has 0 amide bonds. The van der Waals surface area contributed by atoms with Crippen molar-refractivity contribution in [2.24, 2.45) is 5.92 Å². The van der Waals surface area contributed by atoms with Crippen molar-refractivity contribution in [1.82, 2.24) is 0 Å². The first kappa shape index (κ1) is 26.5. The second-order valence-corrected chi connectivity index (χ2v) is 7.90. The summed E-state index contributed by atoms with van der Waals surface area (Å²) in [7, 11) is 0. The molecule has 0 spiro atoms. The zero-order chi connectivity index (χ0) is 24.6. The van der Waals surface area contributed by atoms with Crippen LogP contribution in [0.15, 0.2) is 0 Å². The Balaban J connectivity index is 1.77. The van der Waals surface area contributed by atoms with Crippen LogP contribution in [0.25, 0.3) is 0 Å². The summed E-state index contributed by atoms with van der Waals surface area (Å²) in [6.45, 7) is -1.55. The van der Waals surface area contributed by atoms with Gasteiger partial charge in [0.25, 0.3) is 0 Å². The highest BCUT2D eigenvalue weighted by Crippen LogP contribution is 2.31. The first-order valence-corrected chi connectivity index (χ1v) is 10.00. The van der Waals surface area contributed by atoms with Crippen molar-refractivity contribution in [1.29, 1.82) is 0 Å². The molecule has 10 N–H and O–H groups in total. The van der Waals surface area contributed by atoms with Crippen LogP contribution in [0, 0.1) is 5.92 Å². The molecular formula is C17H28O16. The molecule has 0 bridgehead atoms. The van der Waals surface area contributed by atoms with Crippen LogP contribution in [-0.2, 0) is 28.5 Å². The Labute approximate surface area is 185 Å². The molecule has 0 aromatic rings. The van der Waals surface area contributed by atoms with Crippen LogP contribution < -0.4 is 0 Å². The lowest BCUT2D eigenvalue weighted by molar-refractivity contribution is -0.338. The SMILES string of the molecule is O=C(O[C@H]1OC(O)C(O)C(O)C1CO)C1OC(O)C(O)C(O)C1OC1OC(CO)C(O)C1O. The average molecular weight is 488 g/mol. The van der Waals surface area contributed by atoms with Gasteiger partial charge in [-0.2, -0.15) is 0 Å². The van der Waals surface area contributed by atoms with Crippen LogP contribution in [0.1, 0.15) is 0 Å². The van der Waals surface area contributed by atoms with Crippen LogP contribution in [0.2, 0.25) is 0 Å². The minimum atomic E-state index is -2.10. The number of aliphatic hydroxyl groups is 10. The third kappa shape index (κ3) is 5.14. The highest BCUT2D eigenvalue weighted by Gasteiger charge is 2.54. The number of esters is 1. The van der Waals surface area contributed by atoms with Gasteiger partial charge < -0.3 is 74.7 Å². The first-order valence-electron chi connectivity index (χ1n) is 10.00. The van der Waals surface area contributed by atoms with Gasteiger partial charge in [0.15, 0.2) is 25.0 Å². The van der Waals surface area contributed by atoms with Crippen LogP contribution in [0.3, 0.4) is 0 Å². The fourth-order valence-electron chi connectivity index (χ4n) is 3.72. The van der Waals surface area contributed by atoms with E-state index in [9.17, 15) is 55.9 Å². The second kappa shape index (κ2) is 10.7. The molecule has 3 aliphatic rings. The lowest BCUT2D eigenvalue weighted by Crippen LogP contribution is -2.63. The van der Waals surface area contributed by atoms with Crippen molar-refractivity contribution in [3.63, 3.8) is 0 Å². The smallest absolute Gasteiger partial charge is 0.340 e. The molecule has 3 rings (SSSR count). The number of carbonyl (C=O) groups excluding carboxylic acids is 1. The van der Waals surface area contributed by atoms with Crippen molar-refractivity contribution in [2.75, 3.05) is 13.2 Å². The molecule has 0 aliphatic carbocycles. The maximum absolute atomic E-state index is 12.8. The molecule has 3 heterocycles. The summed E-state index contributed by atoms with van der Waals surface area (Å²) in [5, 5.41) is 97.8. The summed E-state index contributed by atoms with van der Waals surface area (Å²) in [6, 6.07) is 0. The zero-order valence-corrected chi connectivity index (χ0v) is 16.9. The normalized spacial score (nSPS) is 50.8. The molecule has 0 saturated carbocycles. The summed E-state index contributed by atoms with van der Waals surface area (Å²) in [5.41, 5.74) is 0. The Morgan fingerprint density at radius 3 is 1.85 bits per heavy atom. The lowest BCUT2D eigenvalue weighted by atomic mass is 9.94. The largest absolute Gasteiger partial charge is 0.433 e. The Kier molecular flexibility index (Phi) is 8.57. The van der Waals surface area contributed by atoms with E-state index in [0.717, 1.165) is 0 Å². The minimum Gasteiger partial charge on any atom is -0.433 e. The van der Waals surface area contributed by atoms with Crippen LogP contribution >= 0.6 is 0 Å². The van der Waals surface area contributed by atoms with E-state index < -0.39 is 105 Å². The lowest BCUT2D eigenvalue weighted by Gasteiger charge is -2.42. The van der Waals surface area contributed by atoms with E-state index in [-0.39, 0.29) is 0 Å². The van der Waals surface area contributed by atoms with Gasteiger partial charge in [0.05, 0.1) is 25.2 Å². The van der Waals surface area contributed by atoms with Crippen LogP contribution in [-0.4, -0.2) is 150 Å².